The van der Waals surface area contributed by atoms with Crippen LogP contribution in [0.5, 0.6) is 0 Å². The first-order valence-corrected chi connectivity index (χ1v) is 11.0. The summed E-state index contributed by atoms with van der Waals surface area (Å²) in [5.41, 5.74) is 1.17. The van der Waals surface area contributed by atoms with Gasteiger partial charge in [0, 0.05) is 11.3 Å². The predicted octanol–water partition coefficient (Wildman–Crippen LogP) is 5.45. The van der Waals surface area contributed by atoms with Gasteiger partial charge in [0.1, 0.15) is 0 Å². The van der Waals surface area contributed by atoms with E-state index in [1.165, 1.54) is 0 Å². The van der Waals surface area contributed by atoms with Crippen molar-refractivity contribution in [3.63, 3.8) is 0 Å². The number of ether oxygens (including phenoxy) is 1. The van der Waals surface area contributed by atoms with Crippen molar-refractivity contribution in [3.8, 4) is 0 Å². The van der Waals surface area contributed by atoms with E-state index in [4.69, 9.17) is 9.84 Å². The summed E-state index contributed by atoms with van der Waals surface area (Å²) < 4.78 is 6.18. The lowest BCUT2D eigenvalue weighted by Crippen LogP contribution is -2.27. The Kier molecular flexibility index (Phi) is 6.94. The summed E-state index contributed by atoms with van der Waals surface area (Å²) in [4.78, 5) is 23.7. The monoisotopic (exact) mass is 398 g/mol. The van der Waals surface area contributed by atoms with Crippen molar-refractivity contribution in [1.82, 2.24) is 0 Å². The van der Waals surface area contributed by atoms with E-state index in [1.54, 1.807) is 12.1 Å². The first kappa shape index (κ1) is 21.8. The minimum absolute atomic E-state index is 0.219. The minimum atomic E-state index is -0.894. The fraction of sp³-hybridized carbons (Fsp3) is 0.600. The Morgan fingerprint density at radius 2 is 1.86 bits per heavy atom. The van der Waals surface area contributed by atoms with Crippen molar-refractivity contribution in [2.24, 2.45) is 17.3 Å². The number of unbranched alkanes of at least 4 members (excludes halogenated alkanes) is 1. The van der Waals surface area contributed by atoms with Crippen LogP contribution >= 0.6 is 0 Å². The molecule has 4 nitrogen and oxygen atoms in total. The Bertz CT molecular complexity index is 747. The normalized spacial score (nSPS) is 26.3. The summed E-state index contributed by atoms with van der Waals surface area (Å²) >= 11 is 0. The van der Waals surface area contributed by atoms with Crippen LogP contribution in [-0.4, -0.2) is 29.1 Å². The zero-order valence-electron chi connectivity index (χ0n) is 17.9. The molecule has 2 fully saturated rings. The maximum Gasteiger partial charge on any atom is 0.335 e. The van der Waals surface area contributed by atoms with Gasteiger partial charge in [-0.2, -0.15) is 0 Å². The van der Waals surface area contributed by atoms with E-state index in [0.717, 1.165) is 50.5 Å². The average Bonchev–Trinajstić information content (AvgIpc) is 3.30. The van der Waals surface area contributed by atoms with Gasteiger partial charge in [-0.25, -0.2) is 4.79 Å². The van der Waals surface area contributed by atoms with Crippen molar-refractivity contribution in [2.45, 2.75) is 77.9 Å². The second kappa shape index (κ2) is 9.25. The summed E-state index contributed by atoms with van der Waals surface area (Å²) in [6, 6.07) is 7.15. The van der Waals surface area contributed by atoms with Gasteiger partial charge >= 0.3 is 5.97 Å². The molecule has 2 heterocycles. The Morgan fingerprint density at radius 1 is 1.17 bits per heavy atom. The van der Waals surface area contributed by atoms with E-state index in [1.807, 2.05) is 32.1 Å². The first-order valence-electron chi connectivity index (χ1n) is 11.0. The van der Waals surface area contributed by atoms with E-state index in [0.29, 0.717) is 17.4 Å². The number of carbonyl (C=O) groups is 2. The summed E-state index contributed by atoms with van der Waals surface area (Å²) in [5.74, 6) is 0.0557. The highest BCUT2D eigenvalue weighted by Crippen LogP contribution is 2.46. The fourth-order valence-electron chi connectivity index (χ4n) is 4.77. The molecular weight excluding hydrogens is 364 g/mol. The van der Waals surface area contributed by atoms with Crippen molar-refractivity contribution in [3.05, 3.63) is 47.5 Å². The second-order valence-electron chi connectivity index (χ2n) is 9.28. The molecule has 0 aromatic heterocycles. The van der Waals surface area contributed by atoms with Crippen LogP contribution in [0, 0.1) is 17.3 Å². The molecule has 4 heteroatoms. The number of rotatable bonds is 10. The molecule has 4 atom stereocenters. The highest BCUT2D eigenvalue weighted by Gasteiger charge is 2.47. The Hall–Kier alpha value is -1.94. The van der Waals surface area contributed by atoms with Crippen LogP contribution in [0.3, 0.4) is 0 Å². The lowest BCUT2D eigenvalue weighted by Gasteiger charge is -2.26. The van der Waals surface area contributed by atoms with Gasteiger partial charge in [0.15, 0.2) is 5.78 Å². The molecule has 0 radical (unpaired) electrons. The van der Waals surface area contributed by atoms with E-state index < -0.39 is 5.97 Å². The zero-order valence-corrected chi connectivity index (χ0v) is 17.9. The van der Waals surface area contributed by atoms with Crippen LogP contribution in [-0.2, 0) is 16.0 Å². The summed E-state index contributed by atoms with van der Waals surface area (Å²) in [5, 5.41) is 9.04. The van der Waals surface area contributed by atoms with Gasteiger partial charge in [0.25, 0.3) is 0 Å². The number of allylic oxidation sites excluding steroid dienone is 1. The van der Waals surface area contributed by atoms with Crippen molar-refractivity contribution < 1.29 is 19.4 Å². The molecule has 2 bridgehead atoms. The molecule has 0 unspecified atom stereocenters. The predicted molar refractivity (Wildman–Crippen MR) is 114 cm³/mol. The molecule has 1 N–H and O–H groups in total. The first-order chi connectivity index (χ1) is 13.8. The molecule has 3 rings (SSSR count). The minimum Gasteiger partial charge on any atom is -0.478 e. The number of carbonyl (C=O) groups excluding carboxylic acids is 1. The van der Waals surface area contributed by atoms with Crippen LogP contribution in [0.4, 0.5) is 0 Å². The molecular formula is C25H34O4. The lowest BCUT2D eigenvalue weighted by molar-refractivity contribution is -0.122. The smallest absolute Gasteiger partial charge is 0.335 e. The maximum atomic E-state index is 12.7. The molecule has 1 aromatic rings. The SMILES string of the molecule is CCCCC(C)(C)C(=O)/C=C/[C@H]1[C@H](CCc2ccc(C(=O)O)cc2)[C@H]2CC[C@@H]1O2. The van der Waals surface area contributed by atoms with Crippen molar-refractivity contribution >= 4 is 11.8 Å². The van der Waals surface area contributed by atoms with Crippen LogP contribution in [0.2, 0.25) is 0 Å². The third-order valence-electron chi connectivity index (χ3n) is 6.75. The Balaban J connectivity index is 1.62. The molecule has 0 aliphatic carbocycles. The number of carboxylic acids is 1. The molecule has 0 amide bonds. The van der Waals surface area contributed by atoms with Gasteiger partial charge in [-0.3, -0.25) is 4.79 Å². The third kappa shape index (κ3) is 5.16. The Labute approximate surface area is 174 Å². The molecule has 2 aliphatic rings. The highest BCUT2D eigenvalue weighted by atomic mass is 16.5. The molecule has 2 aliphatic heterocycles. The number of carboxylic acid groups (broad SMARTS) is 1. The van der Waals surface area contributed by atoms with E-state index in [9.17, 15) is 9.59 Å². The summed E-state index contributed by atoms with van der Waals surface area (Å²) in [6.45, 7) is 6.25. The van der Waals surface area contributed by atoms with Gasteiger partial charge in [0.05, 0.1) is 17.8 Å². The summed E-state index contributed by atoms with van der Waals surface area (Å²) in [7, 11) is 0. The highest BCUT2D eigenvalue weighted by molar-refractivity contribution is 5.94. The molecule has 29 heavy (non-hydrogen) atoms. The van der Waals surface area contributed by atoms with Gasteiger partial charge in [-0.1, -0.05) is 51.8 Å². The third-order valence-corrected chi connectivity index (χ3v) is 6.75. The zero-order chi connectivity index (χ0) is 21.0. The van der Waals surface area contributed by atoms with Gasteiger partial charge in [0.2, 0.25) is 0 Å². The molecule has 1 aromatic carbocycles. The van der Waals surface area contributed by atoms with Crippen molar-refractivity contribution in [2.75, 3.05) is 0 Å². The topological polar surface area (TPSA) is 63.6 Å². The standard InChI is InChI=1S/C25H34O4/c1-4-5-16-25(2,3)23(26)15-12-20-19(21-13-14-22(20)29-21)11-8-17-6-9-18(10-7-17)24(27)28/h6-7,9-10,12,15,19-22H,4-5,8,11,13-14,16H2,1-3H3,(H,27,28)/b15-12+/t19-,20-,21+,22-/m0/s1. The van der Waals surface area contributed by atoms with Crippen LogP contribution < -0.4 is 0 Å². The average molecular weight is 399 g/mol. The number of ketones is 1. The quantitative estimate of drug-likeness (QED) is 0.532. The maximum absolute atomic E-state index is 12.7. The van der Waals surface area contributed by atoms with Crippen LogP contribution in [0.1, 0.15) is 75.2 Å². The number of aryl methyl sites for hydroxylation is 1. The van der Waals surface area contributed by atoms with Crippen LogP contribution in [0.25, 0.3) is 0 Å². The number of benzene rings is 1. The second-order valence-corrected chi connectivity index (χ2v) is 9.28. The molecule has 0 saturated carbocycles. The van der Waals surface area contributed by atoms with Crippen LogP contribution in [0.15, 0.2) is 36.4 Å². The fourth-order valence-corrected chi connectivity index (χ4v) is 4.77. The van der Waals surface area contributed by atoms with Gasteiger partial charge < -0.3 is 9.84 Å². The number of hydrogen-bond acceptors (Lipinski definition) is 3. The van der Waals surface area contributed by atoms with E-state index in [2.05, 4.69) is 13.0 Å². The molecule has 158 valence electrons. The largest absolute Gasteiger partial charge is 0.478 e. The lowest BCUT2D eigenvalue weighted by atomic mass is 9.75. The number of fused-ring (bicyclic) bond motifs is 2. The van der Waals surface area contributed by atoms with E-state index in [-0.39, 0.29) is 23.4 Å². The van der Waals surface area contributed by atoms with E-state index >= 15 is 0 Å². The number of aromatic carboxylic acids is 1. The van der Waals surface area contributed by atoms with Gasteiger partial charge in [-0.15, -0.1) is 0 Å². The Morgan fingerprint density at radius 3 is 2.52 bits per heavy atom. The summed E-state index contributed by atoms with van der Waals surface area (Å²) in [6.07, 6.45) is 11.7. The number of hydrogen-bond donors (Lipinski definition) is 1. The van der Waals surface area contributed by atoms with Crippen molar-refractivity contribution in [1.29, 1.82) is 0 Å². The molecule has 0 spiro atoms. The molecule has 2 saturated heterocycles. The van der Waals surface area contributed by atoms with Gasteiger partial charge in [-0.05, 0) is 61.8 Å².